The molecule has 3 rings (SSSR count). The van der Waals surface area contributed by atoms with E-state index < -0.39 is 16.0 Å². The average molecular weight is 367 g/mol. The number of aromatic carboxylic acids is 1. The third-order valence-electron chi connectivity index (χ3n) is 3.98. The Morgan fingerprint density at radius 3 is 2.19 bits per heavy atom. The smallest absolute Gasteiger partial charge is 0.337 e. The Kier molecular flexibility index (Phi) is 4.77. The van der Waals surface area contributed by atoms with Crippen molar-refractivity contribution in [3.8, 4) is 11.1 Å². The van der Waals surface area contributed by atoms with Crippen LogP contribution in [0.1, 0.15) is 15.9 Å². The maximum Gasteiger partial charge on any atom is 0.337 e. The number of benzene rings is 3. The molecule has 0 aliphatic carbocycles. The van der Waals surface area contributed by atoms with Gasteiger partial charge in [0.15, 0.2) is 0 Å². The molecule has 0 aliphatic heterocycles. The van der Waals surface area contributed by atoms with Gasteiger partial charge in [-0.15, -0.1) is 0 Å². The summed E-state index contributed by atoms with van der Waals surface area (Å²) >= 11 is 0. The number of aryl methyl sites for hydroxylation is 1. The second-order valence-corrected chi connectivity index (χ2v) is 7.45. The van der Waals surface area contributed by atoms with E-state index >= 15 is 0 Å². The largest absolute Gasteiger partial charge is 0.478 e. The third kappa shape index (κ3) is 3.60. The Balaban J connectivity index is 2.08. The molecule has 0 bridgehead atoms. The number of anilines is 1. The molecule has 3 aromatic carbocycles. The highest BCUT2D eigenvalue weighted by atomic mass is 32.2. The normalized spacial score (nSPS) is 11.1. The molecule has 0 aliphatic rings. The maximum atomic E-state index is 12.7. The van der Waals surface area contributed by atoms with Crippen LogP contribution in [0.15, 0.2) is 77.7 Å². The van der Waals surface area contributed by atoms with Gasteiger partial charge in [-0.25, -0.2) is 13.2 Å². The highest BCUT2D eigenvalue weighted by Gasteiger charge is 2.20. The van der Waals surface area contributed by atoms with Crippen LogP contribution in [0.4, 0.5) is 5.69 Å². The van der Waals surface area contributed by atoms with Crippen molar-refractivity contribution in [2.45, 2.75) is 11.8 Å². The third-order valence-corrected chi connectivity index (χ3v) is 5.51. The average Bonchev–Trinajstić information content (AvgIpc) is 2.62. The van der Waals surface area contributed by atoms with Crippen LogP contribution in [0.25, 0.3) is 11.1 Å². The monoisotopic (exact) mass is 367 g/mol. The number of hydrogen-bond acceptors (Lipinski definition) is 3. The van der Waals surface area contributed by atoms with Crippen molar-refractivity contribution in [3.63, 3.8) is 0 Å². The minimum atomic E-state index is -3.91. The summed E-state index contributed by atoms with van der Waals surface area (Å²) in [6, 6.07) is 20.5. The van der Waals surface area contributed by atoms with Gasteiger partial charge in [0.25, 0.3) is 10.0 Å². The summed E-state index contributed by atoms with van der Waals surface area (Å²) in [5.41, 5.74) is 2.08. The van der Waals surface area contributed by atoms with Crippen LogP contribution >= 0.6 is 0 Å². The highest BCUT2D eigenvalue weighted by Crippen LogP contribution is 2.28. The number of sulfonamides is 1. The second kappa shape index (κ2) is 7.01. The summed E-state index contributed by atoms with van der Waals surface area (Å²) in [6.45, 7) is 1.69. The summed E-state index contributed by atoms with van der Waals surface area (Å²) in [7, 11) is -3.91. The van der Waals surface area contributed by atoms with E-state index in [-0.39, 0.29) is 16.1 Å². The molecule has 6 heteroatoms. The van der Waals surface area contributed by atoms with E-state index in [4.69, 9.17) is 0 Å². The molecule has 3 aromatic rings. The lowest BCUT2D eigenvalue weighted by Crippen LogP contribution is -2.16. The fourth-order valence-corrected chi connectivity index (χ4v) is 4.00. The van der Waals surface area contributed by atoms with Gasteiger partial charge in [0.2, 0.25) is 0 Å². The Morgan fingerprint density at radius 1 is 0.885 bits per heavy atom. The Hall–Kier alpha value is -3.12. The number of carboxylic acid groups (broad SMARTS) is 1. The summed E-state index contributed by atoms with van der Waals surface area (Å²) < 4.78 is 27.9. The Labute approximate surface area is 152 Å². The van der Waals surface area contributed by atoms with Crippen molar-refractivity contribution in [2.75, 3.05) is 4.72 Å². The molecular weight excluding hydrogens is 350 g/mol. The van der Waals surface area contributed by atoms with Gasteiger partial charge in [0.05, 0.1) is 16.1 Å². The Morgan fingerprint density at radius 2 is 1.54 bits per heavy atom. The first-order valence-electron chi connectivity index (χ1n) is 7.90. The lowest BCUT2D eigenvalue weighted by Gasteiger charge is -2.14. The zero-order valence-corrected chi connectivity index (χ0v) is 14.8. The molecule has 2 N–H and O–H groups in total. The summed E-state index contributed by atoms with van der Waals surface area (Å²) in [5.74, 6) is -1.20. The number of carboxylic acids is 1. The first-order valence-corrected chi connectivity index (χ1v) is 9.38. The van der Waals surface area contributed by atoms with Crippen LogP contribution in [-0.2, 0) is 10.0 Å². The molecule has 0 saturated carbocycles. The molecule has 0 amide bonds. The molecule has 0 aromatic heterocycles. The van der Waals surface area contributed by atoms with Crippen LogP contribution in [0.3, 0.4) is 0 Å². The van der Waals surface area contributed by atoms with Crippen LogP contribution in [-0.4, -0.2) is 19.5 Å². The quantitative estimate of drug-likeness (QED) is 0.709. The molecule has 0 radical (unpaired) electrons. The van der Waals surface area contributed by atoms with Gasteiger partial charge < -0.3 is 5.11 Å². The molecule has 0 spiro atoms. The van der Waals surface area contributed by atoms with Gasteiger partial charge in [-0.1, -0.05) is 54.6 Å². The zero-order chi connectivity index (χ0) is 18.7. The Bertz CT molecular complexity index is 1060. The van der Waals surface area contributed by atoms with Crippen LogP contribution < -0.4 is 4.72 Å². The first-order chi connectivity index (χ1) is 12.4. The number of rotatable bonds is 5. The predicted molar refractivity (Wildman–Crippen MR) is 101 cm³/mol. The van der Waals surface area contributed by atoms with E-state index in [9.17, 15) is 18.3 Å². The van der Waals surface area contributed by atoms with E-state index in [0.717, 1.165) is 11.1 Å². The number of hydrogen-bond donors (Lipinski definition) is 2. The van der Waals surface area contributed by atoms with Gasteiger partial charge in [-0.05, 0) is 41.8 Å². The molecular formula is C20H17NO4S. The van der Waals surface area contributed by atoms with Crippen molar-refractivity contribution >= 4 is 21.7 Å². The van der Waals surface area contributed by atoms with Crippen LogP contribution in [0, 0.1) is 6.92 Å². The lowest BCUT2D eigenvalue weighted by molar-refractivity contribution is 0.0698. The second-order valence-electron chi connectivity index (χ2n) is 5.80. The summed E-state index contributed by atoms with van der Waals surface area (Å²) in [4.78, 5) is 11.6. The predicted octanol–water partition coefficient (Wildman–Crippen LogP) is 4.16. The first kappa shape index (κ1) is 17.7. The summed E-state index contributed by atoms with van der Waals surface area (Å²) in [5, 5.41) is 9.41. The van der Waals surface area contributed by atoms with Gasteiger partial charge in [-0.2, -0.15) is 0 Å². The van der Waals surface area contributed by atoms with E-state index in [0.29, 0.717) is 5.56 Å². The SMILES string of the molecule is Cc1ccccc1S(=O)(=O)Nc1cc(-c2ccccc2)ccc1C(=O)O. The van der Waals surface area contributed by atoms with Crippen molar-refractivity contribution < 1.29 is 18.3 Å². The standard InChI is InChI=1S/C20H17NO4S/c1-14-7-5-6-10-19(14)26(24,25)21-18-13-16(11-12-17(18)20(22)23)15-8-3-2-4-9-15/h2-13,21H,1H3,(H,22,23). The number of nitrogens with one attached hydrogen (secondary N) is 1. The maximum absolute atomic E-state index is 12.7. The molecule has 0 saturated heterocycles. The summed E-state index contributed by atoms with van der Waals surface area (Å²) in [6.07, 6.45) is 0. The zero-order valence-electron chi connectivity index (χ0n) is 14.0. The van der Waals surface area contributed by atoms with E-state index in [1.165, 1.54) is 18.2 Å². The van der Waals surface area contributed by atoms with E-state index in [2.05, 4.69) is 4.72 Å². The molecule has 0 fully saturated rings. The van der Waals surface area contributed by atoms with Crippen molar-refractivity contribution in [2.24, 2.45) is 0 Å². The van der Waals surface area contributed by atoms with Crippen molar-refractivity contribution in [1.29, 1.82) is 0 Å². The molecule has 0 atom stereocenters. The fraction of sp³-hybridized carbons (Fsp3) is 0.0500. The molecule has 26 heavy (non-hydrogen) atoms. The van der Waals surface area contributed by atoms with Gasteiger partial charge in [0, 0.05) is 0 Å². The van der Waals surface area contributed by atoms with E-state index in [1.54, 1.807) is 31.2 Å². The number of carbonyl (C=O) groups is 1. The minimum absolute atomic E-state index is 0.0297. The van der Waals surface area contributed by atoms with Crippen LogP contribution in [0.2, 0.25) is 0 Å². The highest BCUT2D eigenvalue weighted by molar-refractivity contribution is 7.92. The molecule has 0 unspecified atom stereocenters. The van der Waals surface area contributed by atoms with Gasteiger partial charge >= 0.3 is 5.97 Å². The molecule has 132 valence electrons. The van der Waals surface area contributed by atoms with Gasteiger partial charge in [0.1, 0.15) is 0 Å². The van der Waals surface area contributed by atoms with Crippen LogP contribution in [0.5, 0.6) is 0 Å². The lowest BCUT2D eigenvalue weighted by atomic mass is 10.0. The van der Waals surface area contributed by atoms with Crippen molar-refractivity contribution in [3.05, 3.63) is 83.9 Å². The molecule has 5 nitrogen and oxygen atoms in total. The topological polar surface area (TPSA) is 83.5 Å². The fourth-order valence-electron chi connectivity index (χ4n) is 2.68. The minimum Gasteiger partial charge on any atom is -0.478 e. The molecule has 0 heterocycles. The van der Waals surface area contributed by atoms with E-state index in [1.807, 2.05) is 30.3 Å². The van der Waals surface area contributed by atoms with Crippen molar-refractivity contribution in [1.82, 2.24) is 0 Å². The van der Waals surface area contributed by atoms with Gasteiger partial charge in [-0.3, -0.25) is 4.72 Å².